The Morgan fingerprint density at radius 3 is 2.09 bits per heavy atom. The van der Waals surface area contributed by atoms with Crippen molar-refractivity contribution < 1.29 is 13.2 Å². The molecule has 0 fully saturated rings. The fourth-order valence-corrected chi connectivity index (χ4v) is 2.82. The number of alkyl halides is 3. The first kappa shape index (κ1) is 18.2. The van der Waals surface area contributed by atoms with Gasteiger partial charge in [0, 0.05) is 15.1 Å². The number of benzene rings is 2. The highest BCUT2D eigenvalue weighted by Gasteiger charge is 2.39. The first-order chi connectivity index (χ1) is 10.7. The second kappa shape index (κ2) is 7.16. The fourth-order valence-electron chi connectivity index (χ4n) is 2.08. The molecule has 0 bridgehead atoms. The van der Waals surface area contributed by atoms with Gasteiger partial charge in [0.25, 0.3) is 0 Å². The van der Waals surface area contributed by atoms with Crippen molar-refractivity contribution in [3.8, 4) is 0 Å². The third-order valence-corrected chi connectivity index (χ3v) is 4.12. The van der Waals surface area contributed by atoms with Crippen LogP contribution in [0, 0.1) is 6.92 Å². The number of halogens is 6. The molecule has 0 aliphatic carbocycles. The Labute approximate surface area is 147 Å². The van der Waals surface area contributed by atoms with Crippen LogP contribution in [0.2, 0.25) is 15.1 Å². The summed E-state index contributed by atoms with van der Waals surface area (Å²) in [7, 11) is 0. The van der Waals surface area contributed by atoms with Gasteiger partial charge in [-0.2, -0.15) is 13.2 Å². The van der Waals surface area contributed by atoms with E-state index in [2.05, 4.69) is 0 Å². The minimum atomic E-state index is -4.46. The second-order valence-electron chi connectivity index (χ2n) is 5.09. The monoisotopic (exact) mass is 378 g/mol. The molecule has 0 radical (unpaired) electrons. The van der Waals surface area contributed by atoms with Crippen LogP contribution in [0.15, 0.2) is 42.5 Å². The van der Waals surface area contributed by atoms with Crippen molar-refractivity contribution in [2.45, 2.75) is 19.0 Å². The zero-order valence-electron chi connectivity index (χ0n) is 12.0. The van der Waals surface area contributed by atoms with Crippen molar-refractivity contribution in [3.05, 3.63) is 74.2 Å². The number of hydrogen-bond donors (Lipinski definition) is 0. The van der Waals surface area contributed by atoms with Gasteiger partial charge in [-0.1, -0.05) is 59.1 Å². The van der Waals surface area contributed by atoms with Crippen molar-refractivity contribution in [1.82, 2.24) is 0 Å². The summed E-state index contributed by atoms with van der Waals surface area (Å²) in [6.45, 7) is 1.82. The Balaban J connectivity index is 2.39. The van der Waals surface area contributed by atoms with E-state index in [0.717, 1.165) is 11.6 Å². The molecule has 0 saturated heterocycles. The van der Waals surface area contributed by atoms with E-state index in [1.807, 2.05) is 6.92 Å². The van der Waals surface area contributed by atoms with E-state index >= 15 is 0 Å². The minimum Gasteiger partial charge on any atom is -0.170 e. The third-order valence-electron chi connectivity index (χ3n) is 3.27. The van der Waals surface area contributed by atoms with Gasteiger partial charge in [-0.05, 0) is 47.9 Å². The lowest BCUT2D eigenvalue weighted by molar-refractivity contribution is -0.139. The van der Waals surface area contributed by atoms with Crippen LogP contribution in [-0.2, 0) is 0 Å². The molecule has 0 saturated carbocycles. The Bertz CT molecular complexity index is 716. The molecule has 1 atom stereocenters. The highest BCUT2D eigenvalue weighted by molar-refractivity contribution is 6.34. The number of aryl methyl sites for hydroxylation is 1. The maximum atomic E-state index is 13.4. The second-order valence-corrected chi connectivity index (χ2v) is 6.37. The van der Waals surface area contributed by atoms with Gasteiger partial charge in [0.05, 0.1) is 5.92 Å². The molecule has 2 aromatic rings. The van der Waals surface area contributed by atoms with Crippen LogP contribution in [-0.4, -0.2) is 6.18 Å². The topological polar surface area (TPSA) is 0 Å². The van der Waals surface area contributed by atoms with Gasteiger partial charge >= 0.3 is 6.18 Å². The summed E-state index contributed by atoms with van der Waals surface area (Å²) < 4.78 is 40.1. The van der Waals surface area contributed by atoms with Crippen LogP contribution < -0.4 is 0 Å². The molecule has 0 amide bonds. The van der Waals surface area contributed by atoms with Crippen LogP contribution in [0.1, 0.15) is 22.6 Å². The molecule has 0 aliphatic rings. The predicted octanol–water partition coefficient (Wildman–Crippen LogP) is 7.31. The highest BCUT2D eigenvalue weighted by atomic mass is 35.5. The lowest BCUT2D eigenvalue weighted by atomic mass is 9.97. The van der Waals surface area contributed by atoms with E-state index in [1.165, 1.54) is 24.3 Å². The lowest BCUT2D eigenvalue weighted by Crippen LogP contribution is -2.18. The Hall–Kier alpha value is -1.16. The maximum Gasteiger partial charge on any atom is 0.399 e. The molecule has 23 heavy (non-hydrogen) atoms. The van der Waals surface area contributed by atoms with Crippen molar-refractivity contribution in [2.75, 3.05) is 0 Å². The largest absolute Gasteiger partial charge is 0.399 e. The average molecular weight is 380 g/mol. The van der Waals surface area contributed by atoms with Crippen molar-refractivity contribution in [1.29, 1.82) is 0 Å². The van der Waals surface area contributed by atoms with Gasteiger partial charge in [0.15, 0.2) is 0 Å². The zero-order valence-corrected chi connectivity index (χ0v) is 14.2. The average Bonchev–Trinajstić information content (AvgIpc) is 2.40. The van der Waals surface area contributed by atoms with Crippen LogP contribution in [0.25, 0.3) is 6.08 Å². The van der Waals surface area contributed by atoms with Gasteiger partial charge < -0.3 is 0 Å². The zero-order chi connectivity index (χ0) is 17.2. The van der Waals surface area contributed by atoms with E-state index in [4.69, 9.17) is 34.8 Å². The standard InChI is InChI=1S/C17H12Cl3F3/c1-10-2-3-11(6-16(10)20)4-5-15(17(21,22)23)12-7-13(18)9-14(19)8-12/h2-9,15H,1H3/b5-4+. The molecule has 6 heteroatoms. The molecule has 2 rings (SSSR count). The van der Waals surface area contributed by atoms with Crippen molar-refractivity contribution in [2.24, 2.45) is 0 Å². The SMILES string of the molecule is Cc1ccc(/C=C/C(c2cc(Cl)cc(Cl)c2)C(F)(F)F)cc1Cl. The number of hydrogen-bond acceptors (Lipinski definition) is 0. The summed E-state index contributed by atoms with van der Waals surface area (Å²) in [5, 5.41) is 0.823. The summed E-state index contributed by atoms with van der Waals surface area (Å²) in [5.41, 5.74) is 1.44. The molecule has 2 aromatic carbocycles. The molecule has 0 spiro atoms. The van der Waals surface area contributed by atoms with Crippen LogP contribution in [0.5, 0.6) is 0 Å². The van der Waals surface area contributed by atoms with Gasteiger partial charge in [-0.25, -0.2) is 0 Å². The summed E-state index contributed by atoms with van der Waals surface area (Å²) in [4.78, 5) is 0. The third kappa shape index (κ3) is 4.90. The Morgan fingerprint density at radius 2 is 1.57 bits per heavy atom. The van der Waals surface area contributed by atoms with E-state index in [-0.39, 0.29) is 15.6 Å². The summed E-state index contributed by atoms with van der Waals surface area (Å²) >= 11 is 17.6. The molecule has 0 aromatic heterocycles. The molecule has 0 heterocycles. The van der Waals surface area contributed by atoms with E-state index in [1.54, 1.807) is 18.2 Å². The van der Waals surface area contributed by atoms with Gasteiger partial charge in [-0.15, -0.1) is 0 Å². The molecule has 0 aliphatic heterocycles. The minimum absolute atomic E-state index is 0.00976. The molecule has 0 N–H and O–H groups in total. The summed E-state index contributed by atoms with van der Waals surface area (Å²) in [6.07, 6.45) is -2.00. The van der Waals surface area contributed by atoms with Crippen LogP contribution >= 0.6 is 34.8 Å². The maximum absolute atomic E-state index is 13.4. The van der Waals surface area contributed by atoms with E-state index in [9.17, 15) is 13.2 Å². The van der Waals surface area contributed by atoms with Crippen molar-refractivity contribution in [3.63, 3.8) is 0 Å². The van der Waals surface area contributed by atoms with Gasteiger partial charge in [0.2, 0.25) is 0 Å². The van der Waals surface area contributed by atoms with E-state index in [0.29, 0.717) is 10.6 Å². The Morgan fingerprint density at radius 1 is 0.957 bits per heavy atom. The normalized spacial score (nSPS) is 13.5. The fraction of sp³-hybridized carbons (Fsp3) is 0.176. The molecular weight excluding hydrogens is 368 g/mol. The van der Waals surface area contributed by atoms with Crippen LogP contribution in [0.4, 0.5) is 13.2 Å². The highest BCUT2D eigenvalue weighted by Crippen LogP contribution is 2.38. The van der Waals surface area contributed by atoms with Gasteiger partial charge in [0.1, 0.15) is 0 Å². The summed E-state index contributed by atoms with van der Waals surface area (Å²) in [6, 6.07) is 8.99. The first-order valence-electron chi connectivity index (χ1n) is 6.64. The number of allylic oxidation sites excluding steroid dienone is 1. The number of rotatable bonds is 3. The quantitative estimate of drug-likeness (QED) is 0.524. The molecule has 122 valence electrons. The molecule has 1 unspecified atom stereocenters. The first-order valence-corrected chi connectivity index (χ1v) is 7.77. The Kier molecular flexibility index (Phi) is 5.66. The predicted molar refractivity (Wildman–Crippen MR) is 90.5 cm³/mol. The molecule has 0 nitrogen and oxygen atoms in total. The lowest BCUT2D eigenvalue weighted by Gasteiger charge is -2.18. The van der Waals surface area contributed by atoms with Gasteiger partial charge in [-0.3, -0.25) is 0 Å². The smallest absolute Gasteiger partial charge is 0.170 e. The van der Waals surface area contributed by atoms with E-state index < -0.39 is 12.1 Å². The van der Waals surface area contributed by atoms with Crippen molar-refractivity contribution >= 4 is 40.9 Å². The summed E-state index contributed by atoms with van der Waals surface area (Å²) in [5.74, 6) is -1.81. The molecular formula is C17H12Cl3F3. The van der Waals surface area contributed by atoms with Crippen LogP contribution in [0.3, 0.4) is 0 Å².